The zero-order chi connectivity index (χ0) is 15.4. The van der Waals surface area contributed by atoms with Crippen molar-refractivity contribution >= 4 is 28.7 Å². The summed E-state index contributed by atoms with van der Waals surface area (Å²) < 4.78 is 7.65. The molecule has 1 aliphatic heterocycles. The fourth-order valence-corrected chi connectivity index (χ4v) is 3.59. The van der Waals surface area contributed by atoms with E-state index in [4.69, 9.17) is 4.74 Å². The molecule has 1 aromatic carbocycles. The quantitative estimate of drug-likeness (QED) is 0.831. The number of ether oxygens (including phenoxy) is 1. The summed E-state index contributed by atoms with van der Waals surface area (Å²) >= 11 is 1.49. The van der Waals surface area contributed by atoms with E-state index in [0.717, 1.165) is 42.2 Å². The Morgan fingerprint density at radius 3 is 3.14 bits per heavy atom. The van der Waals surface area contributed by atoms with E-state index < -0.39 is 0 Å². The minimum atomic E-state index is 0.0372. The van der Waals surface area contributed by atoms with Gasteiger partial charge in [0.2, 0.25) is 5.91 Å². The first-order valence-corrected chi connectivity index (χ1v) is 8.73. The van der Waals surface area contributed by atoms with Crippen molar-refractivity contribution in [2.24, 2.45) is 0 Å². The Labute approximate surface area is 134 Å². The van der Waals surface area contributed by atoms with Crippen molar-refractivity contribution in [1.29, 1.82) is 0 Å². The van der Waals surface area contributed by atoms with Gasteiger partial charge in [0.05, 0.1) is 22.9 Å². The Morgan fingerprint density at radius 1 is 1.50 bits per heavy atom. The molecule has 1 N–H and O–H groups in total. The van der Waals surface area contributed by atoms with E-state index in [9.17, 15) is 4.79 Å². The fourth-order valence-electron chi connectivity index (χ4n) is 2.68. The van der Waals surface area contributed by atoms with Gasteiger partial charge in [-0.05, 0) is 31.9 Å². The Bertz CT molecular complexity index is 650. The minimum Gasteiger partial charge on any atom is -0.376 e. The summed E-state index contributed by atoms with van der Waals surface area (Å²) in [5, 5.41) is 3.84. The lowest BCUT2D eigenvalue weighted by Gasteiger charge is -2.10. The third-order valence-electron chi connectivity index (χ3n) is 3.82. The van der Waals surface area contributed by atoms with Crippen LogP contribution in [0.4, 0.5) is 0 Å². The van der Waals surface area contributed by atoms with E-state index in [-0.39, 0.29) is 12.0 Å². The number of amides is 1. The third-order valence-corrected chi connectivity index (χ3v) is 4.80. The monoisotopic (exact) mass is 319 g/mol. The van der Waals surface area contributed by atoms with Crippen LogP contribution in [0.3, 0.4) is 0 Å². The number of rotatable bonds is 6. The van der Waals surface area contributed by atoms with Crippen molar-refractivity contribution in [3.63, 3.8) is 0 Å². The second-order valence-electron chi connectivity index (χ2n) is 5.36. The second kappa shape index (κ2) is 7.15. The van der Waals surface area contributed by atoms with Crippen LogP contribution in [0.5, 0.6) is 0 Å². The van der Waals surface area contributed by atoms with Crippen LogP contribution in [0.15, 0.2) is 29.4 Å². The summed E-state index contributed by atoms with van der Waals surface area (Å²) in [5.74, 6) is 0.422. The van der Waals surface area contributed by atoms with Crippen LogP contribution in [0.25, 0.3) is 11.0 Å². The van der Waals surface area contributed by atoms with Crippen LogP contribution in [0, 0.1) is 0 Å². The Hall–Kier alpha value is -1.53. The van der Waals surface area contributed by atoms with Gasteiger partial charge in [-0.15, -0.1) is 0 Å². The molecule has 0 radical (unpaired) electrons. The standard InChI is InChI=1S/C16H21N3O2S/c1-2-19-14-8-4-3-7-13(14)18-16(19)22-11-15(20)17-10-12-6-5-9-21-12/h3-4,7-8,12H,2,5-6,9-11H2,1H3,(H,17,20)/t12-/m0/s1. The molecule has 0 saturated carbocycles. The van der Waals surface area contributed by atoms with Crippen LogP contribution < -0.4 is 5.32 Å². The van der Waals surface area contributed by atoms with Crippen molar-refractivity contribution in [2.75, 3.05) is 18.9 Å². The van der Waals surface area contributed by atoms with Crippen LogP contribution >= 0.6 is 11.8 Å². The summed E-state index contributed by atoms with van der Waals surface area (Å²) in [5.41, 5.74) is 2.10. The van der Waals surface area contributed by atoms with Gasteiger partial charge in [-0.3, -0.25) is 4.79 Å². The number of hydrogen-bond donors (Lipinski definition) is 1. The maximum Gasteiger partial charge on any atom is 0.230 e. The molecular formula is C16H21N3O2S. The van der Waals surface area contributed by atoms with Gasteiger partial charge < -0.3 is 14.6 Å². The smallest absolute Gasteiger partial charge is 0.230 e. The molecule has 0 unspecified atom stereocenters. The normalized spacial score (nSPS) is 18.0. The lowest BCUT2D eigenvalue weighted by atomic mass is 10.2. The molecule has 6 heteroatoms. The van der Waals surface area contributed by atoms with Gasteiger partial charge >= 0.3 is 0 Å². The first kappa shape index (κ1) is 15.4. The van der Waals surface area contributed by atoms with Gasteiger partial charge in [-0.25, -0.2) is 4.98 Å². The van der Waals surface area contributed by atoms with E-state index in [1.807, 2.05) is 18.2 Å². The number of hydrogen-bond acceptors (Lipinski definition) is 4. The van der Waals surface area contributed by atoms with Gasteiger partial charge in [-0.2, -0.15) is 0 Å². The molecule has 22 heavy (non-hydrogen) atoms. The van der Waals surface area contributed by atoms with E-state index in [1.54, 1.807) is 0 Å². The van der Waals surface area contributed by atoms with Crippen LogP contribution in [0.2, 0.25) is 0 Å². The number of fused-ring (bicyclic) bond motifs is 1. The number of imidazole rings is 1. The number of thioether (sulfide) groups is 1. The fraction of sp³-hybridized carbons (Fsp3) is 0.500. The van der Waals surface area contributed by atoms with E-state index in [1.165, 1.54) is 11.8 Å². The van der Waals surface area contributed by atoms with Gasteiger partial charge in [0.25, 0.3) is 0 Å². The summed E-state index contributed by atoms with van der Waals surface area (Å²) in [6.07, 6.45) is 2.32. The number of nitrogens with one attached hydrogen (secondary N) is 1. The first-order chi connectivity index (χ1) is 10.8. The molecule has 2 heterocycles. The summed E-state index contributed by atoms with van der Waals surface area (Å²) in [6, 6.07) is 8.06. The zero-order valence-electron chi connectivity index (χ0n) is 12.7. The Morgan fingerprint density at radius 2 is 2.36 bits per heavy atom. The van der Waals surface area contributed by atoms with E-state index >= 15 is 0 Å². The zero-order valence-corrected chi connectivity index (χ0v) is 13.6. The Kier molecular flexibility index (Phi) is 5.00. The van der Waals surface area contributed by atoms with Crippen LogP contribution in [0.1, 0.15) is 19.8 Å². The van der Waals surface area contributed by atoms with Gasteiger partial charge in [0.15, 0.2) is 5.16 Å². The number of nitrogens with zero attached hydrogens (tertiary/aromatic N) is 2. The molecule has 1 fully saturated rings. The van der Waals surface area contributed by atoms with Crippen molar-refractivity contribution in [3.05, 3.63) is 24.3 Å². The Balaban J connectivity index is 1.57. The highest BCUT2D eigenvalue weighted by atomic mass is 32.2. The van der Waals surface area contributed by atoms with Crippen molar-refractivity contribution < 1.29 is 9.53 Å². The highest BCUT2D eigenvalue weighted by Gasteiger charge is 2.17. The number of carbonyl (C=O) groups is 1. The lowest BCUT2D eigenvalue weighted by Crippen LogP contribution is -2.32. The maximum absolute atomic E-state index is 12.0. The van der Waals surface area contributed by atoms with Gasteiger partial charge in [-0.1, -0.05) is 23.9 Å². The molecule has 2 aromatic rings. The molecule has 5 nitrogen and oxygen atoms in total. The van der Waals surface area contributed by atoms with Gasteiger partial charge in [0.1, 0.15) is 0 Å². The molecule has 0 aliphatic carbocycles. The molecule has 1 saturated heterocycles. The number of aryl methyl sites for hydroxylation is 1. The predicted octanol–water partition coefficient (Wildman–Crippen LogP) is 2.44. The molecule has 1 aliphatic rings. The van der Waals surface area contributed by atoms with Crippen molar-refractivity contribution in [3.8, 4) is 0 Å². The number of aromatic nitrogens is 2. The molecular weight excluding hydrogens is 298 g/mol. The van der Waals surface area contributed by atoms with Crippen molar-refractivity contribution in [2.45, 2.75) is 37.6 Å². The molecule has 0 spiro atoms. The number of para-hydroxylation sites is 2. The van der Waals surface area contributed by atoms with Crippen LogP contribution in [-0.2, 0) is 16.1 Å². The molecule has 1 aromatic heterocycles. The maximum atomic E-state index is 12.0. The largest absolute Gasteiger partial charge is 0.376 e. The van der Waals surface area contributed by atoms with E-state index in [0.29, 0.717) is 12.3 Å². The number of carbonyl (C=O) groups excluding carboxylic acids is 1. The topological polar surface area (TPSA) is 56.2 Å². The average molecular weight is 319 g/mol. The second-order valence-corrected chi connectivity index (χ2v) is 6.30. The highest BCUT2D eigenvalue weighted by molar-refractivity contribution is 7.99. The van der Waals surface area contributed by atoms with Crippen molar-refractivity contribution in [1.82, 2.24) is 14.9 Å². The molecule has 1 atom stereocenters. The SMILES string of the molecule is CCn1c(SCC(=O)NC[C@@H]2CCCO2)nc2ccccc21. The molecule has 1 amide bonds. The average Bonchev–Trinajstić information content (AvgIpc) is 3.17. The highest BCUT2D eigenvalue weighted by Crippen LogP contribution is 2.23. The molecule has 118 valence electrons. The predicted molar refractivity (Wildman–Crippen MR) is 88.1 cm³/mol. The van der Waals surface area contributed by atoms with Gasteiger partial charge in [0, 0.05) is 19.7 Å². The lowest BCUT2D eigenvalue weighted by molar-refractivity contribution is -0.119. The molecule has 3 rings (SSSR count). The number of benzene rings is 1. The summed E-state index contributed by atoms with van der Waals surface area (Å²) in [4.78, 5) is 16.6. The third kappa shape index (κ3) is 3.44. The minimum absolute atomic E-state index is 0.0372. The van der Waals surface area contributed by atoms with Crippen LogP contribution in [-0.4, -0.2) is 40.5 Å². The van der Waals surface area contributed by atoms with E-state index in [2.05, 4.69) is 27.9 Å². The summed E-state index contributed by atoms with van der Waals surface area (Å²) in [7, 11) is 0. The molecule has 0 bridgehead atoms. The first-order valence-electron chi connectivity index (χ1n) is 7.74. The summed E-state index contributed by atoms with van der Waals surface area (Å²) in [6.45, 7) is 4.37.